The van der Waals surface area contributed by atoms with Gasteiger partial charge in [-0.15, -0.1) is 0 Å². The molecule has 5 heteroatoms. The molecule has 1 aromatic carbocycles. The van der Waals surface area contributed by atoms with Gasteiger partial charge in [-0.2, -0.15) is 0 Å². The first-order valence-corrected chi connectivity index (χ1v) is 7.38. The van der Waals surface area contributed by atoms with E-state index in [9.17, 15) is 4.39 Å². The Bertz CT molecular complexity index is 492. The van der Waals surface area contributed by atoms with E-state index in [1.54, 1.807) is 17.8 Å². The normalized spacial score (nSPS) is 22.8. The maximum Gasteiger partial charge on any atom is 0.161 e. The Labute approximate surface area is 117 Å². The number of benzene rings is 1. The van der Waals surface area contributed by atoms with Crippen LogP contribution in [0.25, 0.3) is 0 Å². The van der Waals surface area contributed by atoms with Crippen molar-refractivity contribution in [1.29, 1.82) is 0 Å². The highest BCUT2D eigenvalue weighted by Crippen LogP contribution is 2.32. The van der Waals surface area contributed by atoms with Crippen LogP contribution in [0.15, 0.2) is 23.2 Å². The van der Waals surface area contributed by atoms with Crippen molar-refractivity contribution in [2.45, 2.75) is 32.2 Å². The topological polar surface area (TPSA) is 33.6 Å². The number of thioether (sulfide) groups is 1. The maximum atomic E-state index is 13.1. The number of halogens is 1. The second-order valence-corrected chi connectivity index (χ2v) is 5.92. The monoisotopic (exact) mass is 282 g/mol. The van der Waals surface area contributed by atoms with Crippen molar-refractivity contribution in [2.75, 3.05) is 18.2 Å². The number of rotatable bonds is 3. The summed E-state index contributed by atoms with van der Waals surface area (Å²) in [5.41, 5.74) is 0.747. The van der Waals surface area contributed by atoms with Gasteiger partial charge in [0.05, 0.1) is 18.3 Å². The Morgan fingerprint density at radius 2 is 2.32 bits per heavy atom. The van der Waals surface area contributed by atoms with Gasteiger partial charge in [-0.1, -0.05) is 18.7 Å². The lowest BCUT2D eigenvalue weighted by Gasteiger charge is -2.29. The van der Waals surface area contributed by atoms with Crippen LogP contribution >= 0.6 is 11.8 Å². The molecule has 0 amide bonds. The largest absolute Gasteiger partial charge is 0.494 e. The lowest BCUT2D eigenvalue weighted by atomic mass is 9.97. The van der Waals surface area contributed by atoms with E-state index in [-0.39, 0.29) is 11.4 Å². The zero-order valence-electron chi connectivity index (χ0n) is 11.5. The van der Waals surface area contributed by atoms with E-state index < -0.39 is 0 Å². The minimum atomic E-state index is -0.306. The molecule has 0 saturated heterocycles. The molecule has 1 N–H and O–H groups in total. The van der Waals surface area contributed by atoms with E-state index in [0.717, 1.165) is 29.4 Å². The predicted molar refractivity (Wildman–Crippen MR) is 79.8 cm³/mol. The van der Waals surface area contributed by atoms with E-state index in [2.05, 4.69) is 19.2 Å². The molecule has 0 aromatic heterocycles. The van der Waals surface area contributed by atoms with Crippen LogP contribution in [0.4, 0.5) is 10.1 Å². The summed E-state index contributed by atoms with van der Waals surface area (Å²) in [6.45, 7) is 4.31. The van der Waals surface area contributed by atoms with E-state index in [1.165, 1.54) is 19.2 Å². The number of aliphatic imine (C=N–C) groups is 1. The number of anilines is 1. The van der Waals surface area contributed by atoms with Crippen molar-refractivity contribution in [3.05, 3.63) is 24.0 Å². The summed E-state index contributed by atoms with van der Waals surface area (Å²) in [6.07, 6.45) is 2.10. The van der Waals surface area contributed by atoms with Gasteiger partial charge in [0.15, 0.2) is 5.17 Å². The van der Waals surface area contributed by atoms with Crippen LogP contribution in [0.1, 0.15) is 26.7 Å². The molecular formula is C14H19FN2OS. The average Bonchev–Trinajstić information content (AvgIpc) is 2.41. The molecule has 0 fully saturated rings. The van der Waals surface area contributed by atoms with Crippen molar-refractivity contribution < 1.29 is 9.13 Å². The molecule has 0 aliphatic carbocycles. The van der Waals surface area contributed by atoms with Gasteiger partial charge in [0, 0.05) is 11.8 Å². The number of methoxy groups -OCH3 is 1. The quantitative estimate of drug-likeness (QED) is 0.912. The molecule has 1 aromatic rings. The van der Waals surface area contributed by atoms with Crippen LogP contribution < -0.4 is 10.1 Å². The fraction of sp³-hybridized carbons (Fsp3) is 0.500. The fourth-order valence-corrected chi connectivity index (χ4v) is 3.11. The number of amidine groups is 1. The standard InChI is InChI=1S/C14H19FN2OS/c1-4-14(2)7-8-19-13(17-14)16-11-6-5-10(15)9-12(11)18-3/h5-6,9H,4,7-8H2,1-3H3,(H,16,17). The molecule has 3 nitrogen and oxygen atoms in total. The predicted octanol–water partition coefficient (Wildman–Crippen LogP) is 3.91. The lowest BCUT2D eigenvalue weighted by molar-refractivity contribution is 0.413. The highest BCUT2D eigenvalue weighted by molar-refractivity contribution is 8.14. The van der Waals surface area contributed by atoms with Crippen LogP contribution in [0, 0.1) is 5.82 Å². The molecule has 0 bridgehead atoms. The molecule has 1 unspecified atom stereocenters. The van der Waals surface area contributed by atoms with Crippen LogP contribution in [0.5, 0.6) is 5.75 Å². The number of hydrogen-bond donors (Lipinski definition) is 1. The molecule has 1 heterocycles. The smallest absolute Gasteiger partial charge is 0.161 e. The SMILES string of the molecule is CCC1(C)CCSC(Nc2ccc(F)cc2OC)=N1. The van der Waals surface area contributed by atoms with Crippen molar-refractivity contribution in [1.82, 2.24) is 0 Å². The minimum absolute atomic E-state index is 0.000842. The third kappa shape index (κ3) is 3.41. The maximum absolute atomic E-state index is 13.1. The van der Waals surface area contributed by atoms with Gasteiger partial charge in [-0.3, -0.25) is 4.99 Å². The zero-order chi connectivity index (χ0) is 13.9. The Morgan fingerprint density at radius 3 is 3.00 bits per heavy atom. The lowest BCUT2D eigenvalue weighted by Crippen LogP contribution is -2.29. The number of nitrogens with one attached hydrogen (secondary N) is 1. The molecule has 1 atom stereocenters. The summed E-state index contributed by atoms with van der Waals surface area (Å²) in [5, 5.41) is 4.11. The van der Waals surface area contributed by atoms with Crippen LogP contribution in [0.3, 0.4) is 0 Å². The number of ether oxygens (including phenoxy) is 1. The highest BCUT2D eigenvalue weighted by atomic mass is 32.2. The molecule has 1 aliphatic rings. The first kappa shape index (κ1) is 14.2. The Morgan fingerprint density at radius 1 is 1.53 bits per heavy atom. The molecule has 0 spiro atoms. The Kier molecular flexibility index (Phi) is 4.34. The van der Waals surface area contributed by atoms with Crippen LogP contribution in [0.2, 0.25) is 0 Å². The number of hydrogen-bond acceptors (Lipinski definition) is 4. The third-order valence-electron chi connectivity index (χ3n) is 3.42. The molecule has 104 valence electrons. The summed E-state index contributed by atoms with van der Waals surface area (Å²) < 4.78 is 18.3. The van der Waals surface area contributed by atoms with Crippen LogP contribution in [-0.4, -0.2) is 23.6 Å². The van der Waals surface area contributed by atoms with Crippen molar-refractivity contribution in [3.8, 4) is 5.75 Å². The Hall–Kier alpha value is -1.23. The van der Waals surface area contributed by atoms with Gasteiger partial charge in [-0.05, 0) is 31.9 Å². The van der Waals surface area contributed by atoms with Gasteiger partial charge in [0.1, 0.15) is 11.6 Å². The molecule has 1 aliphatic heterocycles. The van der Waals surface area contributed by atoms with E-state index in [0.29, 0.717) is 5.75 Å². The molecule has 0 saturated carbocycles. The van der Waals surface area contributed by atoms with E-state index in [4.69, 9.17) is 9.73 Å². The average molecular weight is 282 g/mol. The first-order chi connectivity index (χ1) is 9.06. The summed E-state index contributed by atoms with van der Waals surface area (Å²) in [7, 11) is 1.53. The van der Waals surface area contributed by atoms with E-state index in [1.807, 2.05) is 0 Å². The van der Waals surface area contributed by atoms with Gasteiger partial charge < -0.3 is 10.1 Å². The fourth-order valence-electron chi connectivity index (χ4n) is 1.90. The number of nitrogens with zero attached hydrogens (tertiary/aromatic N) is 1. The molecule has 19 heavy (non-hydrogen) atoms. The second-order valence-electron chi connectivity index (χ2n) is 4.84. The minimum Gasteiger partial charge on any atom is -0.494 e. The molecule has 2 rings (SSSR count). The van der Waals surface area contributed by atoms with Crippen molar-refractivity contribution >= 4 is 22.6 Å². The van der Waals surface area contributed by atoms with Crippen LogP contribution in [-0.2, 0) is 0 Å². The highest BCUT2D eigenvalue weighted by Gasteiger charge is 2.26. The zero-order valence-corrected chi connectivity index (χ0v) is 12.3. The first-order valence-electron chi connectivity index (χ1n) is 6.39. The third-order valence-corrected chi connectivity index (χ3v) is 4.29. The summed E-state index contributed by atoms with van der Waals surface area (Å²) in [6, 6.07) is 4.46. The van der Waals surface area contributed by atoms with E-state index >= 15 is 0 Å². The summed E-state index contributed by atoms with van der Waals surface area (Å²) in [4.78, 5) is 4.74. The Balaban J connectivity index is 2.21. The molecule has 0 radical (unpaired) electrons. The van der Waals surface area contributed by atoms with Gasteiger partial charge >= 0.3 is 0 Å². The summed E-state index contributed by atoms with van der Waals surface area (Å²) in [5.74, 6) is 1.23. The van der Waals surface area contributed by atoms with Crippen molar-refractivity contribution in [3.63, 3.8) is 0 Å². The van der Waals surface area contributed by atoms with Crippen molar-refractivity contribution in [2.24, 2.45) is 4.99 Å². The van der Waals surface area contributed by atoms with Gasteiger partial charge in [0.25, 0.3) is 0 Å². The van der Waals surface area contributed by atoms with Gasteiger partial charge in [-0.25, -0.2) is 4.39 Å². The second kappa shape index (κ2) is 5.82. The van der Waals surface area contributed by atoms with Gasteiger partial charge in [0.2, 0.25) is 0 Å². The molecular weight excluding hydrogens is 263 g/mol. The summed E-state index contributed by atoms with van der Waals surface area (Å²) >= 11 is 1.69.